The highest BCUT2D eigenvalue weighted by atomic mass is 16.5. The van der Waals surface area contributed by atoms with E-state index in [4.69, 9.17) is 9.72 Å². The molecule has 0 unspecified atom stereocenters. The van der Waals surface area contributed by atoms with E-state index in [0.717, 1.165) is 80.7 Å². The van der Waals surface area contributed by atoms with Crippen LogP contribution in [0.15, 0.2) is 24.3 Å². The van der Waals surface area contributed by atoms with Gasteiger partial charge in [-0.25, -0.2) is 4.98 Å². The van der Waals surface area contributed by atoms with Gasteiger partial charge in [0.1, 0.15) is 11.9 Å². The lowest BCUT2D eigenvalue weighted by molar-refractivity contribution is 0.0851. The molecule has 2 aliphatic heterocycles. The van der Waals surface area contributed by atoms with E-state index in [9.17, 15) is 10.4 Å². The van der Waals surface area contributed by atoms with Crippen LogP contribution in [0.3, 0.4) is 0 Å². The third kappa shape index (κ3) is 3.35. The maximum absolute atomic E-state index is 10.3. The number of imidazole rings is 1. The van der Waals surface area contributed by atoms with Crippen molar-refractivity contribution in [1.82, 2.24) is 9.38 Å². The van der Waals surface area contributed by atoms with Gasteiger partial charge < -0.3 is 14.7 Å². The summed E-state index contributed by atoms with van der Waals surface area (Å²) in [5, 5.41) is 20.2. The van der Waals surface area contributed by atoms with Gasteiger partial charge in [-0.15, -0.1) is 0 Å². The van der Waals surface area contributed by atoms with E-state index >= 15 is 0 Å². The van der Waals surface area contributed by atoms with Gasteiger partial charge in [0.15, 0.2) is 5.65 Å². The maximum atomic E-state index is 10.3. The quantitative estimate of drug-likeness (QED) is 0.661. The predicted octanol–water partition coefficient (Wildman–Crippen LogP) is 4.41. The van der Waals surface area contributed by atoms with Gasteiger partial charge in [-0.05, 0) is 66.7 Å². The molecule has 0 amide bonds. The van der Waals surface area contributed by atoms with Crippen LogP contribution in [0.25, 0.3) is 16.7 Å². The van der Waals surface area contributed by atoms with E-state index in [1.807, 2.05) is 18.2 Å². The van der Waals surface area contributed by atoms with Crippen molar-refractivity contribution in [2.24, 2.45) is 5.41 Å². The Labute approximate surface area is 189 Å². The van der Waals surface area contributed by atoms with Gasteiger partial charge in [0.05, 0.1) is 16.6 Å². The topological polar surface area (TPSA) is 73.8 Å². The first-order valence-corrected chi connectivity index (χ1v) is 11.9. The summed E-state index contributed by atoms with van der Waals surface area (Å²) in [5.41, 5.74) is 5.92. The molecule has 4 heterocycles. The van der Waals surface area contributed by atoms with Crippen molar-refractivity contribution in [2.45, 2.75) is 51.9 Å². The summed E-state index contributed by atoms with van der Waals surface area (Å²) in [6.07, 6.45) is 4.66. The molecule has 6 nitrogen and oxygen atoms in total. The van der Waals surface area contributed by atoms with Crippen molar-refractivity contribution in [1.29, 1.82) is 5.26 Å². The number of aliphatic hydroxyl groups excluding tert-OH is 1. The van der Waals surface area contributed by atoms with Crippen LogP contribution in [0.5, 0.6) is 0 Å². The van der Waals surface area contributed by atoms with Gasteiger partial charge in [0.2, 0.25) is 0 Å². The molecule has 0 atom stereocenters. The number of piperidine rings is 1. The molecule has 1 N–H and O–H groups in total. The standard InChI is InChI=1S/C26H32N4O2/c1-3-19-23(18-8-14-32-15-9-18)20(16-27)24-28-21-6-4-5-7-22(21)30(24)25(19)29-12-10-26(2,17-31)11-13-29/h4-7,18,31H,3,8-15,17H2,1-2H3. The van der Waals surface area contributed by atoms with Crippen LogP contribution in [0.2, 0.25) is 0 Å². The Morgan fingerprint density at radius 2 is 1.94 bits per heavy atom. The predicted molar refractivity (Wildman–Crippen MR) is 126 cm³/mol. The number of aromatic nitrogens is 2. The van der Waals surface area contributed by atoms with E-state index in [0.29, 0.717) is 5.92 Å². The van der Waals surface area contributed by atoms with Crippen molar-refractivity contribution in [3.05, 3.63) is 41.0 Å². The number of anilines is 1. The van der Waals surface area contributed by atoms with Crippen LogP contribution in [-0.4, -0.2) is 47.4 Å². The third-order valence-electron chi connectivity index (χ3n) is 7.61. The Bertz CT molecular complexity index is 1180. The smallest absolute Gasteiger partial charge is 0.157 e. The van der Waals surface area contributed by atoms with Crippen molar-refractivity contribution < 1.29 is 9.84 Å². The molecule has 0 bridgehead atoms. The highest BCUT2D eigenvalue weighted by molar-refractivity contribution is 5.86. The van der Waals surface area contributed by atoms with Gasteiger partial charge in [-0.2, -0.15) is 5.26 Å². The number of rotatable bonds is 4. The van der Waals surface area contributed by atoms with Crippen molar-refractivity contribution in [3.63, 3.8) is 0 Å². The number of pyridine rings is 1. The zero-order valence-electron chi connectivity index (χ0n) is 19.1. The summed E-state index contributed by atoms with van der Waals surface area (Å²) in [6, 6.07) is 10.7. The second-order valence-corrected chi connectivity index (χ2v) is 9.66. The SMILES string of the molecule is CCc1c(C2CCOCC2)c(C#N)c2nc3ccccc3n2c1N1CCC(C)(CO)CC1. The number of para-hydroxylation sites is 2. The first-order valence-electron chi connectivity index (χ1n) is 11.9. The second-order valence-electron chi connectivity index (χ2n) is 9.66. The zero-order chi connectivity index (χ0) is 22.3. The van der Waals surface area contributed by atoms with Gasteiger partial charge in [0, 0.05) is 32.9 Å². The first-order chi connectivity index (χ1) is 15.6. The minimum Gasteiger partial charge on any atom is -0.396 e. The summed E-state index contributed by atoms with van der Waals surface area (Å²) in [5.74, 6) is 1.51. The number of nitriles is 1. The molecule has 32 heavy (non-hydrogen) atoms. The Kier molecular flexibility index (Phi) is 5.56. The summed E-state index contributed by atoms with van der Waals surface area (Å²) >= 11 is 0. The molecule has 0 saturated carbocycles. The van der Waals surface area contributed by atoms with Crippen LogP contribution in [0.1, 0.15) is 62.1 Å². The lowest BCUT2D eigenvalue weighted by atomic mass is 9.80. The van der Waals surface area contributed by atoms with Gasteiger partial charge in [-0.1, -0.05) is 26.0 Å². The van der Waals surface area contributed by atoms with Crippen LogP contribution in [-0.2, 0) is 11.2 Å². The number of nitrogens with zero attached hydrogens (tertiary/aromatic N) is 4. The van der Waals surface area contributed by atoms with Crippen LogP contribution in [0.4, 0.5) is 5.82 Å². The number of hydrogen-bond acceptors (Lipinski definition) is 5. The normalized spacial score (nSPS) is 19.5. The summed E-state index contributed by atoms with van der Waals surface area (Å²) < 4.78 is 7.88. The average Bonchev–Trinajstić information content (AvgIpc) is 3.23. The van der Waals surface area contributed by atoms with E-state index in [1.165, 1.54) is 16.9 Å². The number of ether oxygens (including phenoxy) is 1. The Morgan fingerprint density at radius 3 is 2.59 bits per heavy atom. The lowest BCUT2D eigenvalue weighted by Gasteiger charge is -2.41. The number of fused-ring (bicyclic) bond motifs is 3. The van der Waals surface area contributed by atoms with E-state index < -0.39 is 0 Å². The molecule has 1 aromatic carbocycles. The van der Waals surface area contributed by atoms with E-state index in [2.05, 4.69) is 35.3 Å². The van der Waals surface area contributed by atoms with Crippen molar-refractivity contribution in [2.75, 3.05) is 37.8 Å². The molecule has 2 fully saturated rings. The molecule has 0 spiro atoms. The fourth-order valence-corrected chi connectivity index (χ4v) is 5.58. The van der Waals surface area contributed by atoms with Gasteiger partial charge >= 0.3 is 0 Å². The monoisotopic (exact) mass is 432 g/mol. The van der Waals surface area contributed by atoms with Crippen LogP contribution < -0.4 is 4.90 Å². The Balaban J connectivity index is 1.79. The molecular formula is C26H32N4O2. The first kappa shape index (κ1) is 21.2. The Morgan fingerprint density at radius 1 is 1.22 bits per heavy atom. The highest BCUT2D eigenvalue weighted by Crippen LogP contribution is 2.42. The molecular weight excluding hydrogens is 400 g/mol. The maximum Gasteiger partial charge on any atom is 0.157 e. The molecule has 0 aliphatic carbocycles. The second kappa shape index (κ2) is 8.38. The largest absolute Gasteiger partial charge is 0.396 e. The summed E-state index contributed by atoms with van der Waals surface area (Å²) in [7, 11) is 0. The highest BCUT2D eigenvalue weighted by Gasteiger charge is 2.34. The molecule has 5 rings (SSSR count). The number of aliphatic hydroxyl groups is 1. The molecule has 2 aliphatic rings. The third-order valence-corrected chi connectivity index (χ3v) is 7.61. The molecule has 2 saturated heterocycles. The number of benzene rings is 1. The average molecular weight is 433 g/mol. The zero-order valence-corrected chi connectivity index (χ0v) is 19.1. The summed E-state index contributed by atoms with van der Waals surface area (Å²) in [6.45, 7) is 7.89. The lowest BCUT2D eigenvalue weighted by Crippen LogP contribution is -2.41. The minimum atomic E-state index is -0.0187. The molecule has 168 valence electrons. The van der Waals surface area contributed by atoms with E-state index in [1.54, 1.807) is 0 Å². The fourth-order valence-electron chi connectivity index (χ4n) is 5.58. The van der Waals surface area contributed by atoms with Gasteiger partial charge in [-0.3, -0.25) is 4.40 Å². The molecule has 3 aromatic rings. The fraction of sp³-hybridized carbons (Fsp3) is 0.538. The van der Waals surface area contributed by atoms with Gasteiger partial charge in [0.25, 0.3) is 0 Å². The van der Waals surface area contributed by atoms with Crippen LogP contribution >= 0.6 is 0 Å². The summed E-state index contributed by atoms with van der Waals surface area (Å²) in [4.78, 5) is 7.43. The molecule has 2 aromatic heterocycles. The van der Waals surface area contributed by atoms with E-state index in [-0.39, 0.29) is 12.0 Å². The Hall–Kier alpha value is -2.62. The minimum absolute atomic E-state index is 0.0187. The van der Waals surface area contributed by atoms with Crippen molar-refractivity contribution in [3.8, 4) is 6.07 Å². The van der Waals surface area contributed by atoms with Crippen molar-refractivity contribution >= 4 is 22.5 Å². The molecule has 0 radical (unpaired) electrons. The van der Waals surface area contributed by atoms with Crippen LogP contribution in [0, 0.1) is 16.7 Å². The molecule has 6 heteroatoms. The number of hydrogen-bond donors (Lipinski definition) is 1.